The van der Waals surface area contributed by atoms with Crippen molar-refractivity contribution in [2.45, 2.75) is 45.4 Å². The third kappa shape index (κ3) is 6.83. The van der Waals surface area contributed by atoms with Crippen LogP contribution in [0.3, 0.4) is 0 Å². The first kappa shape index (κ1) is 28.7. The molecule has 2 heterocycles. The normalized spacial score (nSPS) is 10.1. The van der Waals surface area contributed by atoms with E-state index in [9.17, 15) is 8.42 Å². The Labute approximate surface area is 191 Å². The molecule has 6 nitrogen and oxygen atoms in total. The average Bonchev–Trinajstić information content (AvgIpc) is 3.29. The highest BCUT2D eigenvalue weighted by Crippen LogP contribution is 2.20. The zero-order valence-corrected chi connectivity index (χ0v) is 20.7. The molecule has 31 heavy (non-hydrogen) atoms. The highest BCUT2D eigenvalue weighted by atomic mass is 32.2. The quantitative estimate of drug-likeness (QED) is 0.342. The zero-order valence-electron chi connectivity index (χ0n) is 19.0. The number of benzene rings is 2. The lowest BCUT2D eigenvalue weighted by Gasteiger charge is -1.97. The van der Waals surface area contributed by atoms with E-state index in [-0.39, 0.29) is 12.6 Å². The SMILES string of the molecule is C.CC.CC.CSc1nc2ccccc2n1C.Cn1c(S(C)(=O)=O)nc2ccccc21. The van der Waals surface area contributed by atoms with Gasteiger partial charge in [0.05, 0.1) is 22.1 Å². The van der Waals surface area contributed by atoms with Crippen molar-refractivity contribution in [2.75, 3.05) is 12.5 Å². The maximum Gasteiger partial charge on any atom is 0.228 e. The number of para-hydroxylation sites is 4. The van der Waals surface area contributed by atoms with E-state index in [0.29, 0.717) is 5.52 Å². The zero-order chi connectivity index (χ0) is 22.9. The molecule has 0 saturated heterocycles. The van der Waals surface area contributed by atoms with Crippen LogP contribution in [0.25, 0.3) is 22.1 Å². The Bertz CT molecular complexity index is 1180. The Balaban J connectivity index is 0.000000491. The monoisotopic (exact) mass is 464 g/mol. The van der Waals surface area contributed by atoms with Crippen LogP contribution in [0.1, 0.15) is 35.1 Å². The summed E-state index contributed by atoms with van der Waals surface area (Å²) in [6, 6.07) is 15.5. The van der Waals surface area contributed by atoms with E-state index < -0.39 is 9.84 Å². The Hall–Kier alpha value is -2.32. The summed E-state index contributed by atoms with van der Waals surface area (Å²) in [6.45, 7) is 8.00. The van der Waals surface area contributed by atoms with E-state index in [1.54, 1.807) is 29.4 Å². The molecule has 0 N–H and O–H groups in total. The van der Waals surface area contributed by atoms with Gasteiger partial charge in [0.1, 0.15) is 0 Å². The van der Waals surface area contributed by atoms with Gasteiger partial charge in [0.25, 0.3) is 0 Å². The van der Waals surface area contributed by atoms with E-state index in [1.165, 1.54) is 5.52 Å². The standard InChI is InChI=1S/C9H10N2O2S.C9H10N2S.2C2H6.CH4/c1-11-8-6-4-3-5-7(8)10-9(11)14(2,12)13;1-11-8-6-4-3-5-7(8)10-9(11)12-2;2*1-2;/h3-6H,1-2H3;3-6H,1-2H3;2*1-2H3;1H4. The molecule has 0 saturated carbocycles. The molecule has 2 aromatic heterocycles. The van der Waals surface area contributed by atoms with E-state index in [4.69, 9.17) is 0 Å². The Morgan fingerprint density at radius 2 is 1.19 bits per heavy atom. The molecule has 0 atom stereocenters. The summed E-state index contributed by atoms with van der Waals surface area (Å²) in [6.07, 6.45) is 3.20. The van der Waals surface area contributed by atoms with Gasteiger partial charge in [-0.05, 0) is 30.5 Å². The summed E-state index contributed by atoms with van der Waals surface area (Å²) in [4.78, 5) is 8.52. The molecule has 0 radical (unpaired) electrons. The van der Waals surface area contributed by atoms with Gasteiger partial charge in [0, 0.05) is 20.4 Å². The molecule has 4 aromatic rings. The van der Waals surface area contributed by atoms with Crippen molar-refractivity contribution in [1.29, 1.82) is 0 Å². The number of thioether (sulfide) groups is 1. The summed E-state index contributed by atoms with van der Waals surface area (Å²) in [5, 5.41) is 1.18. The second-order valence-corrected chi connectivity index (χ2v) is 8.54. The van der Waals surface area contributed by atoms with Crippen LogP contribution in [-0.2, 0) is 23.9 Å². The van der Waals surface area contributed by atoms with Gasteiger partial charge in [-0.15, -0.1) is 0 Å². The second kappa shape index (κ2) is 13.2. The van der Waals surface area contributed by atoms with Crippen molar-refractivity contribution in [3.05, 3.63) is 48.5 Å². The Kier molecular flexibility index (Phi) is 12.2. The molecular formula is C23H36N4O2S2. The van der Waals surface area contributed by atoms with Gasteiger partial charge < -0.3 is 9.13 Å². The predicted octanol–water partition coefficient (Wildman–Crippen LogP) is 5.96. The van der Waals surface area contributed by atoms with E-state index in [2.05, 4.69) is 20.6 Å². The third-order valence-corrected chi connectivity index (χ3v) is 5.77. The van der Waals surface area contributed by atoms with Gasteiger partial charge in [-0.25, -0.2) is 18.4 Å². The van der Waals surface area contributed by atoms with Crippen molar-refractivity contribution >= 4 is 43.7 Å². The van der Waals surface area contributed by atoms with Gasteiger partial charge in [0.15, 0.2) is 5.16 Å². The highest BCUT2D eigenvalue weighted by Gasteiger charge is 2.16. The van der Waals surface area contributed by atoms with E-state index in [0.717, 1.165) is 22.4 Å². The van der Waals surface area contributed by atoms with Crippen LogP contribution in [0.15, 0.2) is 58.8 Å². The number of hydrogen-bond acceptors (Lipinski definition) is 5. The maximum atomic E-state index is 11.3. The summed E-state index contributed by atoms with van der Waals surface area (Å²) < 4.78 is 26.4. The van der Waals surface area contributed by atoms with Crippen molar-refractivity contribution < 1.29 is 8.42 Å². The summed E-state index contributed by atoms with van der Waals surface area (Å²) in [5.41, 5.74) is 3.80. The van der Waals surface area contributed by atoms with Gasteiger partial charge in [0.2, 0.25) is 15.0 Å². The van der Waals surface area contributed by atoms with Crippen LogP contribution in [-0.4, -0.2) is 40.0 Å². The van der Waals surface area contributed by atoms with Gasteiger partial charge >= 0.3 is 0 Å². The second-order valence-electron chi connectivity index (χ2n) is 5.86. The van der Waals surface area contributed by atoms with Gasteiger partial charge in [-0.3, -0.25) is 0 Å². The van der Waals surface area contributed by atoms with Gasteiger partial charge in [-0.1, -0.05) is 71.1 Å². The smallest absolute Gasteiger partial charge is 0.228 e. The van der Waals surface area contributed by atoms with Gasteiger partial charge in [-0.2, -0.15) is 0 Å². The molecule has 0 bridgehead atoms. The van der Waals surface area contributed by atoms with Crippen LogP contribution in [0.4, 0.5) is 0 Å². The molecule has 0 amide bonds. The van der Waals surface area contributed by atoms with E-state index in [1.807, 2.05) is 77.4 Å². The average molecular weight is 465 g/mol. The van der Waals surface area contributed by atoms with Crippen LogP contribution in [0, 0.1) is 0 Å². The van der Waals surface area contributed by atoms with Crippen molar-refractivity contribution in [3.63, 3.8) is 0 Å². The molecule has 0 aliphatic carbocycles. The molecule has 0 fully saturated rings. The lowest BCUT2D eigenvalue weighted by atomic mass is 10.3. The number of aromatic nitrogens is 4. The van der Waals surface area contributed by atoms with Crippen LogP contribution in [0.5, 0.6) is 0 Å². The first-order valence-corrected chi connectivity index (χ1v) is 13.0. The molecule has 0 aliphatic rings. The Morgan fingerprint density at radius 1 is 0.774 bits per heavy atom. The fourth-order valence-electron chi connectivity index (χ4n) is 2.76. The van der Waals surface area contributed by atoms with Crippen LogP contribution in [0.2, 0.25) is 0 Å². The largest absolute Gasteiger partial charge is 0.322 e. The molecule has 8 heteroatoms. The number of hydrogen-bond donors (Lipinski definition) is 0. The van der Waals surface area contributed by atoms with Crippen LogP contribution < -0.4 is 0 Å². The number of imidazole rings is 2. The Morgan fingerprint density at radius 3 is 1.58 bits per heavy atom. The first-order valence-electron chi connectivity index (χ1n) is 9.90. The van der Waals surface area contributed by atoms with Crippen molar-refractivity contribution in [3.8, 4) is 0 Å². The minimum atomic E-state index is -3.24. The van der Waals surface area contributed by atoms with Crippen molar-refractivity contribution in [1.82, 2.24) is 19.1 Å². The summed E-state index contributed by atoms with van der Waals surface area (Å²) >= 11 is 1.67. The topological polar surface area (TPSA) is 69.8 Å². The lowest BCUT2D eigenvalue weighted by Crippen LogP contribution is -2.05. The van der Waals surface area contributed by atoms with Crippen LogP contribution >= 0.6 is 11.8 Å². The molecule has 4 rings (SSSR count). The fourth-order valence-corrected chi connectivity index (χ4v) is 4.18. The molecule has 0 aliphatic heterocycles. The predicted molar refractivity (Wildman–Crippen MR) is 136 cm³/mol. The van der Waals surface area contributed by atoms with E-state index >= 15 is 0 Å². The van der Waals surface area contributed by atoms with Crippen molar-refractivity contribution in [2.24, 2.45) is 14.1 Å². The number of sulfone groups is 1. The minimum absolute atomic E-state index is 0. The molecule has 0 unspecified atom stereocenters. The molecule has 2 aromatic carbocycles. The number of rotatable bonds is 2. The summed E-state index contributed by atoms with van der Waals surface area (Å²) in [5.74, 6) is 0. The first-order chi connectivity index (χ1) is 14.3. The molecule has 0 spiro atoms. The highest BCUT2D eigenvalue weighted by molar-refractivity contribution is 7.98. The number of nitrogens with zero attached hydrogens (tertiary/aromatic N) is 4. The maximum absolute atomic E-state index is 11.3. The summed E-state index contributed by atoms with van der Waals surface area (Å²) in [7, 11) is 0.499. The number of fused-ring (bicyclic) bond motifs is 2. The fraction of sp³-hybridized carbons (Fsp3) is 0.391. The lowest BCUT2D eigenvalue weighted by molar-refractivity contribution is 0.587. The molecule has 172 valence electrons. The molecular weight excluding hydrogens is 428 g/mol. The minimum Gasteiger partial charge on any atom is -0.322 e. The number of aryl methyl sites for hydroxylation is 2. The third-order valence-electron chi connectivity index (χ3n) is 4.01.